The lowest BCUT2D eigenvalue weighted by Crippen LogP contribution is -2.37. The fourth-order valence-electron chi connectivity index (χ4n) is 3.65. The molecule has 6 nitrogen and oxygen atoms in total. The molecule has 3 N–H and O–H groups in total. The summed E-state index contributed by atoms with van der Waals surface area (Å²) in [7, 11) is 1.87. The first kappa shape index (κ1) is 17.6. The van der Waals surface area contributed by atoms with E-state index in [1.807, 2.05) is 25.2 Å². The number of fused-ring (bicyclic) bond motifs is 1. The minimum absolute atomic E-state index is 0.0363. The molecule has 6 heteroatoms. The molecule has 1 aromatic heterocycles. The summed E-state index contributed by atoms with van der Waals surface area (Å²) in [4.78, 5) is 24.2. The van der Waals surface area contributed by atoms with E-state index in [0.717, 1.165) is 36.6 Å². The molecule has 134 valence electrons. The summed E-state index contributed by atoms with van der Waals surface area (Å²) in [6.45, 7) is 0.436. The van der Waals surface area contributed by atoms with Crippen LogP contribution in [0.25, 0.3) is 10.9 Å². The third kappa shape index (κ3) is 4.25. The summed E-state index contributed by atoms with van der Waals surface area (Å²) in [5, 5.41) is 8.37. The normalized spacial score (nSPS) is 20.6. The highest BCUT2D eigenvalue weighted by Crippen LogP contribution is 2.27. The SMILES string of the molecule is Cn1ncc2ccc(C(=O)NC3CCC(CC(=O)CCN)CC3)cc21. The van der Waals surface area contributed by atoms with Gasteiger partial charge in [0, 0.05) is 36.9 Å². The lowest BCUT2D eigenvalue weighted by molar-refractivity contribution is -0.120. The molecular formula is C19H26N4O2. The number of aromatic nitrogens is 2. The number of rotatable bonds is 6. The Morgan fingerprint density at radius 3 is 2.76 bits per heavy atom. The van der Waals surface area contributed by atoms with Gasteiger partial charge in [0.15, 0.2) is 0 Å². The number of nitrogens with one attached hydrogen (secondary N) is 1. The van der Waals surface area contributed by atoms with Gasteiger partial charge < -0.3 is 11.1 Å². The van der Waals surface area contributed by atoms with E-state index < -0.39 is 0 Å². The Morgan fingerprint density at radius 1 is 1.28 bits per heavy atom. The molecule has 2 aromatic rings. The van der Waals surface area contributed by atoms with Gasteiger partial charge in [0.1, 0.15) is 5.78 Å². The van der Waals surface area contributed by atoms with Gasteiger partial charge in [-0.3, -0.25) is 14.3 Å². The highest BCUT2D eigenvalue weighted by atomic mass is 16.1. The van der Waals surface area contributed by atoms with Crippen molar-refractivity contribution in [2.45, 2.75) is 44.6 Å². The largest absolute Gasteiger partial charge is 0.349 e. The van der Waals surface area contributed by atoms with Crippen molar-refractivity contribution in [2.75, 3.05) is 6.54 Å². The van der Waals surface area contributed by atoms with Gasteiger partial charge in [-0.2, -0.15) is 5.10 Å². The van der Waals surface area contributed by atoms with Gasteiger partial charge in [0.25, 0.3) is 5.91 Å². The van der Waals surface area contributed by atoms with Gasteiger partial charge in [-0.15, -0.1) is 0 Å². The Bertz CT molecular complexity index is 760. The molecule has 1 saturated carbocycles. The van der Waals surface area contributed by atoms with E-state index in [9.17, 15) is 9.59 Å². The van der Waals surface area contributed by atoms with E-state index in [1.165, 1.54) is 0 Å². The van der Waals surface area contributed by atoms with Crippen LogP contribution in [0, 0.1) is 5.92 Å². The number of aryl methyl sites for hydroxylation is 1. The molecule has 1 aliphatic rings. The predicted octanol–water partition coefficient (Wildman–Crippen LogP) is 2.17. The highest BCUT2D eigenvalue weighted by molar-refractivity contribution is 5.98. The molecule has 3 rings (SSSR count). The van der Waals surface area contributed by atoms with E-state index >= 15 is 0 Å². The maximum absolute atomic E-state index is 12.5. The average Bonchev–Trinajstić information content (AvgIpc) is 2.97. The molecule has 25 heavy (non-hydrogen) atoms. The van der Waals surface area contributed by atoms with E-state index in [1.54, 1.807) is 10.9 Å². The number of hydrogen-bond donors (Lipinski definition) is 2. The quantitative estimate of drug-likeness (QED) is 0.842. The van der Waals surface area contributed by atoms with Crippen molar-refractivity contribution in [3.05, 3.63) is 30.0 Å². The molecule has 1 aromatic carbocycles. The second kappa shape index (κ2) is 7.78. The number of nitrogens with two attached hydrogens (primary N) is 1. The predicted molar refractivity (Wildman–Crippen MR) is 97.2 cm³/mol. The molecule has 1 fully saturated rings. The number of ketones is 1. The van der Waals surface area contributed by atoms with Crippen molar-refractivity contribution >= 4 is 22.6 Å². The lowest BCUT2D eigenvalue weighted by Gasteiger charge is -2.28. The fraction of sp³-hybridized carbons (Fsp3) is 0.526. The van der Waals surface area contributed by atoms with Crippen molar-refractivity contribution in [1.29, 1.82) is 0 Å². The van der Waals surface area contributed by atoms with Crippen LogP contribution >= 0.6 is 0 Å². The van der Waals surface area contributed by atoms with Crippen LogP contribution in [0.1, 0.15) is 48.9 Å². The minimum atomic E-state index is -0.0363. The Kier molecular flexibility index (Phi) is 5.48. The number of benzene rings is 1. The molecule has 1 heterocycles. The number of Topliss-reactive ketones (excluding diaryl/α,β-unsaturated/α-hetero) is 1. The van der Waals surface area contributed by atoms with Gasteiger partial charge in [-0.1, -0.05) is 6.07 Å². The highest BCUT2D eigenvalue weighted by Gasteiger charge is 2.24. The van der Waals surface area contributed by atoms with E-state index in [-0.39, 0.29) is 17.7 Å². The van der Waals surface area contributed by atoms with E-state index in [2.05, 4.69) is 10.4 Å². The molecule has 0 atom stereocenters. The topological polar surface area (TPSA) is 90.0 Å². The van der Waals surface area contributed by atoms with Gasteiger partial charge in [0.2, 0.25) is 0 Å². The Hall–Kier alpha value is -2.21. The third-order valence-electron chi connectivity index (χ3n) is 5.13. The molecule has 1 amide bonds. The zero-order valence-corrected chi connectivity index (χ0v) is 14.7. The second-order valence-corrected chi connectivity index (χ2v) is 7.01. The zero-order valence-electron chi connectivity index (χ0n) is 14.7. The van der Waals surface area contributed by atoms with Crippen molar-refractivity contribution in [3.8, 4) is 0 Å². The molecule has 1 aliphatic carbocycles. The number of carbonyl (C=O) groups excluding carboxylic acids is 2. The monoisotopic (exact) mass is 342 g/mol. The summed E-state index contributed by atoms with van der Waals surface area (Å²) < 4.78 is 1.77. The van der Waals surface area contributed by atoms with Crippen molar-refractivity contribution in [3.63, 3.8) is 0 Å². The van der Waals surface area contributed by atoms with Gasteiger partial charge >= 0.3 is 0 Å². The van der Waals surface area contributed by atoms with E-state index in [0.29, 0.717) is 30.9 Å². The molecule has 0 spiro atoms. The Labute approximate surface area is 147 Å². The first-order chi connectivity index (χ1) is 12.1. The number of carbonyl (C=O) groups is 2. The lowest BCUT2D eigenvalue weighted by atomic mass is 9.82. The smallest absolute Gasteiger partial charge is 0.251 e. The summed E-state index contributed by atoms with van der Waals surface area (Å²) in [6, 6.07) is 5.85. The van der Waals surface area contributed by atoms with Crippen molar-refractivity contribution < 1.29 is 9.59 Å². The van der Waals surface area contributed by atoms with Crippen LogP contribution < -0.4 is 11.1 Å². The van der Waals surface area contributed by atoms with Crippen LogP contribution in [-0.2, 0) is 11.8 Å². The standard InChI is InChI=1S/C19H26N4O2/c1-23-18-11-14(4-5-15(18)12-21-23)19(25)22-16-6-2-13(3-7-16)10-17(24)8-9-20/h4-5,11-13,16H,2-3,6-10,20H2,1H3,(H,22,25). The molecule has 0 aliphatic heterocycles. The van der Waals surface area contributed by atoms with Gasteiger partial charge in [0.05, 0.1) is 11.7 Å². The summed E-state index contributed by atoms with van der Waals surface area (Å²) in [5.74, 6) is 0.670. The maximum atomic E-state index is 12.5. The number of nitrogens with zero attached hydrogens (tertiary/aromatic N) is 2. The van der Waals surface area contributed by atoms with Crippen LogP contribution in [-0.4, -0.2) is 34.1 Å². The summed E-state index contributed by atoms with van der Waals surface area (Å²) >= 11 is 0. The Morgan fingerprint density at radius 2 is 2.04 bits per heavy atom. The average molecular weight is 342 g/mol. The first-order valence-corrected chi connectivity index (χ1v) is 9.01. The maximum Gasteiger partial charge on any atom is 0.251 e. The fourth-order valence-corrected chi connectivity index (χ4v) is 3.65. The summed E-state index contributed by atoms with van der Waals surface area (Å²) in [5.41, 5.74) is 7.05. The van der Waals surface area contributed by atoms with Crippen LogP contribution in [0.5, 0.6) is 0 Å². The van der Waals surface area contributed by atoms with E-state index in [4.69, 9.17) is 5.73 Å². The third-order valence-corrected chi connectivity index (χ3v) is 5.13. The molecule has 0 radical (unpaired) electrons. The van der Waals surface area contributed by atoms with Crippen LogP contribution in [0.2, 0.25) is 0 Å². The van der Waals surface area contributed by atoms with Gasteiger partial charge in [-0.25, -0.2) is 0 Å². The van der Waals surface area contributed by atoms with Crippen molar-refractivity contribution in [2.24, 2.45) is 18.7 Å². The van der Waals surface area contributed by atoms with Crippen LogP contribution in [0.4, 0.5) is 0 Å². The summed E-state index contributed by atoms with van der Waals surface area (Å²) in [6.07, 6.45) is 6.75. The number of amides is 1. The minimum Gasteiger partial charge on any atom is -0.349 e. The Balaban J connectivity index is 1.53. The molecule has 0 bridgehead atoms. The second-order valence-electron chi connectivity index (χ2n) is 7.01. The number of hydrogen-bond acceptors (Lipinski definition) is 4. The first-order valence-electron chi connectivity index (χ1n) is 9.01. The molecular weight excluding hydrogens is 316 g/mol. The van der Waals surface area contributed by atoms with Crippen LogP contribution in [0.15, 0.2) is 24.4 Å². The van der Waals surface area contributed by atoms with Crippen molar-refractivity contribution in [1.82, 2.24) is 15.1 Å². The molecule has 0 unspecified atom stereocenters. The van der Waals surface area contributed by atoms with Crippen LogP contribution in [0.3, 0.4) is 0 Å². The molecule has 0 saturated heterocycles. The zero-order chi connectivity index (χ0) is 17.8. The van der Waals surface area contributed by atoms with Gasteiger partial charge in [-0.05, 0) is 50.3 Å².